The Labute approximate surface area is 239 Å². The van der Waals surface area contributed by atoms with Crippen molar-refractivity contribution in [2.75, 3.05) is 0 Å². The molecule has 7 aromatic rings. The molecule has 0 spiro atoms. The Bertz CT molecular complexity index is 2200. The number of allylic oxidation sites excluding steroid dienone is 2. The molecule has 0 aliphatic heterocycles. The molecule has 2 aliphatic carbocycles. The molecule has 0 saturated heterocycles. The molecule has 0 N–H and O–H groups in total. The lowest BCUT2D eigenvalue weighted by Gasteiger charge is -2.27. The van der Waals surface area contributed by atoms with E-state index in [4.69, 9.17) is 4.42 Å². The Morgan fingerprint density at radius 3 is 1.95 bits per heavy atom. The molecule has 2 unspecified atom stereocenters. The Morgan fingerprint density at radius 1 is 0.561 bits per heavy atom. The van der Waals surface area contributed by atoms with Gasteiger partial charge in [0.25, 0.3) is 0 Å². The zero-order valence-electron chi connectivity index (χ0n) is 22.9. The second-order valence-corrected chi connectivity index (χ2v) is 11.6. The first kappa shape index (κ1) is 22.9. The third-order valence-corrected chi connectivity index (χ3v) is 9.37. The first-order valence-corrected chi connectivity index (χ1v) is 14.6. The maximum atomic E-state index is 6.33. The van der Waals surface area contributed by atoms with E-state index in [-0.39, 0.29) is 5.92 Å². The van der Waals surface area contributed by atoms with Gasteiger partial charge in [0.2, 0.25) is 0 Å². The van der Waals surface area contributed by atoms with Gasteiger partial charge in [-0.25, -0.2) is 0 Å². The Kier molecular flexibility index (Phi) is 4.78. The second-order valence-electron chi connectivity index (χ2n) is 11.6. The number of fused-ring (bicyclic) bond motifs is 8. The molecule has 41 heavy (non-hydrogen) atoms. The van der Waals surface area contributed by atoms with Crippen molar-refractivity contribution in [3.8, 4) is 11.1 Å². The molecule has 0 fully saturated rings. The minimum Gasteiger partial charge on any atom is -0.456 e. The van der Waals surface area contributed by atoms with Crippen molar-refractivity contribution >= 4 is 55.6 Å². The maximum absolute atomic E-state index is 6.33. The van der Waals surface area contributed by atoms with Crippen LogP contribution in [0, 0.1) is 0 Å². The summed E-state index contributed by atoms with van der Waals surface area (Å²) in [6.07, 6.45) is 10.5. The summed E-state index contributed by atoms with van der Waals surface area (Å²) in [6.45, 7) is 2.38. The zero-order chi connectivity index (χ0) is 27.1. The number of rotatable bonds is 2. The van der Waals surface area contributed by atoms with E-state index >= 15 is 0 Å². The topological polar surface area (TPSA) is 13.1 Å². The van der Waals surface area contributed by atoms with Gasteiger partial charge in [0.1, 0.15) is 11.2 Å². The first-order chi connectivity index (χ1) is 20.3. The molecule has 2 aliphatic rings. The van der Waals surface area contributed by atoms with Crippen LogP contribution in [0.5, 0.6) is 0 Å². The number of benzene rings is 6. The average Bonchev–Trinajstić information content (AvgIpc) is 3.61. The fourth-order valence-corrected chi connectivity index (χ4v) is 7.60. The van der Waals surface area contributed by atoms with Crippen LogP contribution in [0.1, 0.15) is 53.0 Å². The van der Waals surface area contributed by atoms with Gasteiger partial charge in [0.05, 0.1) is 0 Å². The van der Waals surface area contributed by atoms with Gasteiger partial charge in [-0.15, -0.1) is 0 Å². The molecule has 9 rings (SSSR count). The van der Waals surface area contributed by atoms with E-state index < -0.39 is 0 Å². The van der Waals surface area contributed by atoms with E-state index in [1.165, 1.54) is 65.9 Å². The van der Waals surface area contributed by atoms with Gasteiger partial charge in [-0.1, -0.05) is 116 Å². The van der Waals surface area contributed by atoms with Crippen LogP contribution in [0.15, 0.2) is 120 Å². The normalized spacial score (nSPS) is 17.6. The van der Waals surface area contributed by atoms with Crippen LogP contribution in [-0.2, 0) is 0 Å². The summed E-state index contributed by atoms with van der Waals surface area (Å²) < 4.78 is 6.33. The maximum Gasteiger partial charge on any atom is 0.136 e. The highest BCUT2D eigenvalue weighted by atomic mass is 16.3. The SMILES string of the molecule is CC1CC=Cc2ccc3c(c21)C(c1c2ccccc2c(-c2ccc4c(c2)oc2ccccc24)c2ccccc12)C=C3. The molecule has 2 atom stereocenters. The summed E-state index contributed by atoms with van der Waals surface area (Å²) in [5.41, 5.74) is 11.5. The molecule has 0 radical (unpaired) electrons. The van der Waals surface area contributed by atoms with E-state index in [1.807, 2.05) is 6.07 Å². The molecule has 1 nitrogen and oxygen atoms in total. The van der Waals surface area contributed by atoms with Crippen molar-refractivity contribution in [2.45, 2.75) is 25.2 Å². The molecule has 194 valence electrons. The van der Waals surface area contributed by atoms with Gasteiger partial charge in [-0.3, -0.25) is 0 Å². The monoisotopic (exact) mass is 524 g/mol. The van der Waals surface area contributed by atoms with Crippen molar-refractivity contribution in [1.82, 2.24) is 0 Å². The predicted octanol–water partition coefficient (Wildman–Crippen LogP) is 11.2. The largest absolute Gasteiger partial charge is 0.456 e. The van der Waals surface area contributed by atoms with Crippen LogP contribution < -0.4 is 0 Å². The molecule has 6 aromatic carbocycles. The molecular formula is C40H28O. The lowest BCUT2D eigenvalue weighted by molar-refractivity contribution is 0.669. The van der Waals surface area contributed by atoms with Gasteiger partial charge >= 0.3 is 0 Å². The van der Waals surface area contributed by atoms with E-state index in [9.17, 15) is 0 Å². The van der Waals surface area contributed by atoms with Crippen LogP contribution in [0.2, 0.25) is 0 Å². The quantitative estimate of drug-likeness (QED) is 0.205. The minimum absolute atomic E-state index is 0.218. The first-order valence-electron chi connectivity index (χ1n) is 14.6. The summed E-state index contributed by atoms with van der Waals surface area (Å²) in [4.78, 5) is 0. The Morgan fingerprint density at radius 2 is 1.20 bits per heavy atom. The highest BCUT2D eigenvalue weighted by Gasteiger charge is 2.30. The van der Waals surface area contributed by atoms with Gasteiger partial charge in [-0.05, 0) is 91.0 Å². The molecule has 0 amide bonds. The minimum atomic E-state index is 0.218. The molecular weight excluding hydrogens is 496 g/mol. The van der Waals surface area contributed by atoms with Crippen LogP contribution in [0.3, 0.4) is 0 Å². The number of hydrogen-bond donors (Lipinski definition) is 0. The van der Waals surface area contributed by atoms with Crippen LogP contribution in [-0.4, -0.2) is 0 Å². The second kappa shape index (κ2) is 8.56. The average molecular weight is 525 g/mol. The zero-order valence-corrected chi connectivity index (χ0v) is 22.9. The fourth-order valence-electron chi connectivity index (χ4n) is 7.60. The van der Waals surface area contributed by atoms with E-state index in [2.05, 4.69) is 128 Å². The number of para-hydroxylation sites is 1. The standard InChI is InChI=1S/C40H28O/c1-24-9-8-10-25-17-18-26-19-22-34(39(26)37(24)25)40-32-14-4-2-12-30(32)38(31-13-3-5-15-33(31)40)27-20-21-29-28-11-6-7-16-35(28)41-36(29)23-27/h2-8,10-24,34H,9H2,1H3. The lowest BCUT2D eigenvalue weighted by atomic mass is 9.76. The highest BCUT2D eigenvalue weighted by Crippen LogP contribution is 2.50. The van der Waals surface area contributed by atoms with Crippen LogP contribution in [0.25, 0.3) is 66.8 Å². The summed E-state index contributed by atoms with van der Waals surface area (Å²) >= 11 is 0. The van der Waals surface area contributed by atoms with Crippen molar-refractivity contribution in [2.24, 2.45) is 0 Å². The summed E-state index contributed by atoms with van der Waals surface area (Å²) in [5, 5.41) is 7.55. The number of hydrogen-bond acceptors (Lipinski definition) is 1. The van der Waals surface area contributed by atoms with Gasteiger partial charge in [0, 0.05) is 16.7 Å². The molecule has 0 saturated carbocycles. The molecule has 1 heterocycles. The third-order valence-electron chi connectivity index (χ3n) is 9.37. The molecule has 0 bridgehead atoms. The van der Waals surface area contributed by atoms with Crippen LogP contribution >= 0.6 is 0 Å². The Balaban J connectivity index is 1.35. The Hall–Kier alpha value is -4.88. The molecule has 1 heteroatoms. The molecule has 1 aromatic heterocycles. The van der Waals surface area contributed by atoms with E-state index in [0.29, 0.717) is 5.92 Å². The smallest absolute Gasteiger partial charge is 0.136 e. The van der Waals surface area contributed by atoms with E-state index in [0.717, 1.165) is 23.0 Å². The van der Waals surface area contributed by atoms with Gasteiger partial charge in [0.15, 0.2) is 0 Å². The highest BCUT2D eigenvalue weighted by molar-refractivity contribution is 6.17. The summed E-state index contributed by atoms with van der Waals surface area (Å²) in [6, 6.07) is 37.7. The van der Waals surface area contributed by atoms with Crippen LogP contribution in [0.4, 0.5) is 0 Å². The van der Waals surface area contributed by atoms with Gasteiger partial charge < -0.3 is 4.42 Å². The number of furan rings is 1. The van der Waals surface area contributed by atoms with Crippen molar-refractivity contribution in [1.29, 1.82) is 0 Å². The van der Waals surface area contributed by atoms with Crippen molar-refractivity contribution < 1.29 is 4.42 Å². The lowest BCUT2D eigenvalue weighted by Crippen LogP contribution is -2.09. The summed E-state index contributed by atoms with van der Waals surface area (Å²) in [5.74, 6) is 0.732. The van der Waals surface area contributed by atoms with Gasteiger partial charge in [-0.2, -0.15) is 0 Å². The van der Waals surface area contributed by atoms with Crippen molar-refractivity contribution in [3.05, 3.63) is 143 Å². The summed E-state index contributed by atoms with van der Waals surface area (Å²) in [7, 11) is 0. The third kappa shape index (κ3) is 3.24. The fraction of sp³-hybridized carbons (Fsp3) is 0.100. The predicted molar refractivity (Wildman–Crippen MR) is 174 cm³/mol. The van der Waals surface area contributed by atoms with Crippen molar-refractivity contribution in [3.63, 3.8) is 0 Å². The van der Waals surface area contributed by atoms with E-state index in [1.54, 1.807) is 0 Å².